The second-order valence-electron chi connectivity index (χ2n) is 6.59. The third kappa shape index (κ3) is 6.07. The van der Waals surface area contributed by atoms with E-state index in [0.29, 0.717) is 23.7 Å². The molecule has 0 fully saturated rings. The number of methoxy groups -OCH3 is 3. The van der Waals surface area contributed by atoms with Crippen molar-refractivity contribution in [3.8, 4) is 17.2 Å². The Bertz CT molecular complexity index is 891. The molecule has 2 aromatic carbocycles. The van der Waals surface area contributed by atoms with Crippen molar-refractivity contribution in [2.24, 2.45) is 0 Å². The number of nitrogens with zero attached hydrogens (tertiary/aromatic N) is 1. The molecule has 2 rings (SSSR count). The van der Waals surface area contributed by atoms with Gasteiger partial charge < -0.3 is 24.4 Å². The molecule has 0 spiro atoms. The number of ether oxygens (including phenoxy) is 3. The van der Waals surface area contributed by atoms with Crippen LogP contribution in [0.15, 0.2) is 30.3 Å². The number of hydrogen-bond donors (Lipinski definition) is 1. The molecular formula is C22H26F2N2O5. The number of benzene rings is 2. The third-order valence-electron chi connectivity index (χ3n) is 4.65. The maximum Gasteiger partial charge on any atom is 0.244 e. The van der Waals surface area contributed by atoms with E-state index in [1.54, 1.807) is 19.1 Å². The van der Waals surface area contributed by atoms with Crippen LogP contribution in [0.5, 0.6) is 17.2 Å². The first-order valence-corrected chi connectivity index (χ1v) is 9.65. The minimum atomic E-state index is -0.884. The largest absolute Gasteiger partial charge is 0.493 e. The highest BCUT2D eigenvalue weighted by molar-refractivity contribution is 5.94. The molecule has 2 aromatic rings. The lowest BCUT2D eigenvalue weighted by atomic mass is 10.1. The fourth-order valence-corrected chi connectivity index (χ4v) is 3.03. The first-order chi connectivity index (χ1) is 14.8. The van der Waals surface area contributed by atoms with Crippen molar-refractivity contribution in [2.75, 3.05) is 39.7 Å². The van der Waals surface area contributed by atoms with Crippen molar-refractivity contribution in [2.45, 2.75) is 19.8 Å². The first-order valence-electron chi connectivity index (χ1n) is 9.65. The van der Waals surface area contributed by atoms with Gasteiger partial charge in [-0.1, -0.05) is 6.07 Å². The maximum absolute atomic E-state index is 13.7. The minimum Gasteiger partial charge on any atom is -0.493 e. The average molecular weight is 436 g/mol. The number of anilines is 1. The van der Waals surface area contributed by atoms with E-state index in [9.17, 15) is 18.4 Å². The fraction of sp³-hybridized carbons (Fsp3) is 0.364. The van der Waals surface area contributed by atoms with Crippen molar-refractivity contribution in [1.29, 1.82) is 0 Å². The minimum absolute atomic E-state index is 0.119. The van der Waals surface area contributed by atoms with Gasteiger partial charge in [-0.3, -0.25) is 9.59 Å². The van der Waals surface area contributed by atoms with Crippen molar-refractivity contribution < 1.29 is 32.6 Å². The summed E-state index contributed by atoms with van der Waals surface area (Å²) in [6.07, 6.45) is 0.490. The number of nitrogens with one attached hydrogen (secondary N) is 1. The van der Waals surface area contributed by atoms with Gasteiger partial charge in [0.05, 0.1) is 27.9 Å². The predicted octanol–water partition coefficient (Wildman–Crippen LogP) is 3.41. The molecule has 0 saturated carbocycles. The summed E-state index contributed by atoms with van der Waals surface area (Å²) in [5.74, 6) is -1.33. The maximum atomic E-state index is 13.7. The molecule has 0 saturated heterocycles. The average Bonchev–Trinajstić information content (AvgIpc) is 2.77. The van der Waals surface area contributed by atoms with Gasteiger partial charge in [0.15, 0.2) is 11.5 Å². The summed E-state index contributed by atoms with van der Waals surface area (Å²) in [7, 11) is 4.51. The quantitative estimate of drug-likeness (QED) is 0.618. The Kier molecular flexibility index (Phi) is 8.60. The Hall–Kier alpha value is -3.36. The molecule has 31 heavy (non-hydrogen) atoms. The van der Waals surface area contributed by atoms with Gasteiger partial charge >= 0.3 is 0 Å². The van der Waals surface area contributed by atoms with Gasteiger partial charge in [-0.2, -0.15) is 0 Å². The van der Waals surface area contributed by atoms with Crippen LogP contribution in [-0.4, -0.2) is 51.1 Å². The number of amides is 2. The van der Waals surface area contributed by atoms with E-state index in [1.807, 2.05) is 0 Å². The van der Waals surface area contributed by atoms with Crippen LogP contribution in [0, 0.1) is 11.6 Å². The van der Waals surface area contributed by atoms with Crippen LogP contribution < -0.4 is 19.5 Å². The summed E-state index contributed by atoms with van der Waals surface area (Å²) in [5, 5.41) is 2.18. The second-order valence-corrected chi connectivity index (χ2v) is 6.59. The molecule has 7 nitrogen and oxygen atoms in total. The van der Waals surface area contributed by atoms with E-state index in [0.717, 1.165) is 17.7 Å². The number of carbonyl (C=O) groups excluding carboxylic acids is 2. The molecule has 0 bridgehead atoms. The molecule has 0 radical (unpaired) electrons. The van der Waals surface area contributed by atoms with Crippen molar-refractivity contribution in [1.82, 2.24) is 4.90 Å². The van der Waals surface area contributed by atoms with Gasteiger partial charge in [0.2, 0.25) is 17.6 Å². The molecule has 168 valence electrons. The zero-order valence-electron chi connectivity index (χ0n) is 18.0. The van der Waals surface area contributed by atoms with Crippen LogP contribution in [0.3, 0.4) is 0 Å². The van der Waals surface area contributed by atoms with Gasteiger partial charge in [-0.05, 0) is 43.2 Å². The fourth-order valence-electron chi connectivity index (χ4n) is 3.03. The molecule has 0 aromatic heterocycles. The number of rotatable bonds is 10. The molecule has 0 aliphatic heterocycles. The van der Waals surface area contributed by atoms with Crippen LogP contribution in [0.1, 0.15) is 18.9 Å². The van der Waals surface area contributed by atoms with Gasteiger partial charge in [0.25, 0.3) is 0 Å². The van der Waals surface area contributed by atoms with E-state index in [2.05, 4.69) is 5.32 Å². The van der Waals surface area contributed by atoms with Crippen molar-refractivity contribution in [3.05, 3.63) is 47.5 Å². The second kappa shape index (κ2) is 11.1. The van der Waals surface area contributed by atoms with E-state index in [-0.39, 0.29) is 25.4 Å². The number of hydrogen-bond acceptors (Lipinski definition) is 5. The van der Waals surface area contributed by atoms with Crippen molar-refractivity contribution in [3.63, 3.8) is 0 Å². The zero-order chi connectivity index (χ0) is 23.0. The molecule has 0 atom stereocenters. The lowest BCUT2D eigenvalue weighted by molar-refractivity contribution is -0.134. The Labute approximate surface area is 179 Å². The number of carbonyl (C=O) groups is 2. The number of likely N-dealkylation sites (N-methyl/N-ethyl adjacent to an activating group) is 1. The Morgan fingerprint density at radius 3 is 2.06 bits per heavy atom. The van der Waals surface area contributed by atoms with Crippen LogP contribution in [0.25, 0.3) is 0 Å². The monoisotopic (exact) mass is 436 g/mol. The van der Waals surface area contributed by atoms with Crippen LogP contribution in [0.2, 0.25) is 0 Å². The highest BCUT2D eigenvalue weighted by Gasteiger charge is 2.19. The number of halogens is 2. The number of aryl methyl sites for hydroxylation is 1. The number of para-hydroxylation sites is 1. The van der Waals surface area contributed by atoms with Gasteiger partial charge in [0.1, 0.15) is 17.3 Å². The first kappa shape index (κ1) is 23.9. The molecule has 2 amide bonds. The highest BCUT2D eigenvalue weighted by Crippen LogP contribution is 2.38. The summed E-state index contributed by atoms with van der Waals surface area (Å²) < 4.78 is 43.3. The molecule has 0 aliphatic carbocycles. The van der Waals surface area contributed by atoms with E-state index < -0.39 is 23.2 Å². The molecular weight excluding hydrogens is 410 g/mol. The van der Waals surface area contributed by atoms with E-state index in [1.165, 1.54) is 32.3 Å². The van der Waals surface area contributed by atoms with E-state index in [4.69, 9.17) is 14.2 Å². The third-order valence-corrected chi connectivity index (χ3v) is 4.65. The molecule has 0 heterocycles. The van der Waals surface area contributed by atoms with E-state index >= 15 is 0 Å². The van der Waals surface area contributed by atoms with Crippen LogP contribution in [-0.2, 0) is 16.0 Å². The van der Waals surface area contributed by atoms with Crippen molar-refractivity contribution >= 4 is 17.5 Å². The highest BCUT2D eigenvalue weighted by atomic mass is 19.1. The Morgan fingerprint density at radius 1 is 1.00 bits per heavy atom. The summed E-state index contributed by atoms with van der Waals surface area (Å²) in [6, 6.07) is 6.78. The molecule has 9 heteroatoms. The Balaban J connectivity index is 2.02. The lowest BCUT2D eigenvalue weighted by Crippen LogP contribution is -2.38. The SMILES string of the molecule is CCN(CC(=O)Nc1c(F)cccc1F)C(=O)CCc1cc(OC)c(OC)c(OC)c1. The lowest BCUT2D eigenvalue weighted by Gasteiger charge is -2.21. The molecule has 0 unspecified atom stereocenters. The molecule has 0 aliphatic rings. The molecule has 1 N–H and O–H groups in total. The summed E-state index contributed by atoms with van der Waals surface area (Å²) >= 11 is 0. The van der Waals surface area contributed by atoms with Gasteiger partial charge in [-0.25, -0.2) is 8.78 Å². The standard InChI is InChI=1S/C22H26F2N2O5/c1-5-26(13-19(27)25-21-15(23)7-6-8-16(21)24)20(28)10-9-14-11-17(29-2)22(31-4)18(12-14)30-3/h6-8,11-12H,5,9-10,13H2,1-4H3,(H,25,27). The summed E-state index contributed by atoms with van der Waals surface area (Å²) in [6.45, 7) is 1.66. The van der Waals surface area contributed by atoms with Gasteiger partial charge in [0, 0.05) is 13.0 Å². The normalized spacial score (nSPS) is 10.4. The summed E-state index contributed by atoms with van der Waals surface area (Å²) in [5.41, 5.74) is 0.255. The zero-order valence-corrected chi connectivity index (χ0v) is 18.0. The predicted molar refractivity (Wildman–Crippen MR) is 112 cm³/mol. The topological polar surface area (TPSA) is 77.1 Å². The Morgan fingerprint density at radius 2 is 1.58 bits per heavy atom. The van der Waals surface area contributed by atoms with Crippen LogP contribution >= 0.6 is 0 Å². The van der Waals surface area contributed by atoms with Crippen LogP contribution in [0.4, 0.5) is 14.5 Å². The summed E-state index contributed by atoms with van der Waals surface area (Å²) in [4.78, 5) is 26.1. The van der Waals surface area contributed by atoms with Gasteiger partial charge in [-0.15, -0.1) is 0 Å². The smallest absolute Gasteiger partial charge is 0.244 e.